The predicted molar refractivity (Wildman–Crippen MR) is 93.8 cm³/mol. The van der Waals surface area contributed by atoms with E-state index in [4.69, 9.17) is 0 Å². The van der Waals surface area contributed by atoms with Crippen LogP contribution in [0.5, 0.6) is 5.75 Å². The average molecular weight is 367 g/mol. The van der Waals surface area contributed by atoms with Gasteiger partial charge in [-0.1, -0.05) is 6.58 Å². The van der Waals surface area contributed by atoms with Crippen LogP contribution in [0.1, 0.15) is 17.3 Å². The van der Waals surface area contributed by atoms with E-state index in [-0.39, 0.29) is 48.6 Å². The minimum Gasteiger partial charge on any atom is -0.506 e. The van der Waals surface area contributed by atoms with Crippen LogP contribution in [0.4, 0.5) is 5.69 Å². The molecule has 1 aliphatic rings. The summed E-state index contributed by atoms with van der Waals surface area (Å²) in [6.45, 7) is 5.83. The average Bonchev–Trinajstić information content (AvgIpc) is 2.54. The fraction of sp³-hybridized carbons (Fsp3) is 0.375. The molecular weight excluding hydrogens is 346 g/mol. The maximum Gasteiger partial charge on any atom is 0.254 e. The number of carbonyl (C=O) groups excluding carboxylic acids is 2. The quantitative estimate of drug-likeness (QED) is 0.599. The Morgan fingerprint density at radius 3 is 2.60 bits per heavy atom. The maximum atomic E-state index is 12.7. The van der Waals surface area contributed by atoms with E-state index >= 15 is 0 Å². The summed E-state index contributed by atoms with van der Waals surface area (Å²) < 4.78 is 24.8. The lowest BCUT2D eigenvalue weighted by molar-refractivity contribution is -0.111. The van der Waals surface area contributed by atoms with Gasteiger partial charge >= 0.3 is 0 Å². The van der Waals surface area contributed by atoms with E-state index in [1.165, 1.54) is 22.5 Å². The van der Waals surface area contributed by atoms with Crippen LogP contribution in [0.25, 0.3) is 0 Å². The Morgan fingerprint density at radius 2 is 2.04 bits per heavy atom. The van der Waals surface area contributed by atoms with E-state index in [2.05, 4.69) is 11.9 Å². The number of phenolic OH excluding ortho intramolecular Hbond substituents is 1. The lowest BCUT2D eigenvalue weighted by Gasteiger charge is -2.38. The molecule has 0 aliphatic carbocycles. The smallest absolute Gasteiger partial charge is 0.254 e. The van der Waals surface area contributed by atoms with Gasteiger partial charge in [-0.15, -0.1) is 0 Å². The van der Waals surface area contributed by atoms with Gasteiger partial charge in [0.25, 0.3) is 5.91 Å². The number of carbonyl (C=O) groups is 2. The van der Waals surface area contributed by atoms with Crippen molar-refractivity contribution >= 4 is 27.5 Å². The molecule has 25 heavy (non-hydrogen) atoms. The van der Waals surface area contributed by atoms with Crippen molar-refractivity contribution in [2.45, 2.75) is 13.0 Å². The van der Waals surface area contributed by atoms with E-state index < -0.39 is 15.9 Å². The number of hydrogen-bond acceptors (Lipinski definition) is 5. The minimum atomic E-state index is -3.31. The van der Waals surface area contributed by atoms with Crippen molar-refractivity contribution in [3.05, 3.63) is 36.4 Å². The highest BCUT2D eigenvalue weighted by atomic mass is 32.2. The summed E-state index contributed by atoms with van der Waals surface area (Å²) >= 11 is 0. The fourth-order valence-electron chi connectivity index (χ4n) is 2.75. The second-order valence-corrected chi connectivity index (χ2v) is 7.83. The number of hydrogen-bond donors (Lipinski definition) is 2. The summed E-state index contributed by atoms with van der Waals surface area (Å²) in [6, 6.07) is 3.83. The van der Waals surface area contributed by atoms with Crippen molar-refractivity contribution in [3.8, 4) is 5.75 Å². The van der Waals surface area contributed by atoms with Crippen molar-refractivity contribution in [1.82, 2.24) is 9.21 Å². The van der Waals surface area contributed by atoms with Gasteiger partial charge in [0.15, 0.2) is 0 Å². The van der Waals surface area contributed by atoms with Crippen LogP contribution < -0.4 is 5.32 Å². The first-order valence-corrected chi connectivity index (χ1v) is 9.51. The summed E-state index contributed by atoms with van der Waals surface area (Å²) in [5, 5.41) is 12.2. The van der Waals surface area contributed by atoms with Crippen molar-refractivity contribution in [2.24, 2.45) is 0 Å². The number of anilines is 1. The monoisotopic (exact) mass is 367 g/mol. The van der Waals surface area contributed by atoms with Crippen LogP contribution in [0.3, 0.4) is 0 Å². The lowest BCUT2D eigenvalue weighted by atomic mass is 10.1. The number of phenols is 1. The molecule has 2 rings (SSSR count). The first-order chi connectivity index (χ1) is 11.6. The second kappa shape index (κ2) is 7.24. The zero-order chi connectivity index (χ0) is 18.8. The van der Waals surface area contributed by atoms with Crippen molar-refractivity contribution in [2.75, 3.05) is 31.2 Å². The molecular formula is C16H21N3O5S. The van der Waals surface area contributed by atoms with Crippen LogP contribution in [-0.2, 0) is 14.8 Å². The molecule has 0 radical (unpaired) electrons. The van der Waals surface area contributed by atoms with Crippen LogP contribution >= 0.6 is 0 Å². The van der Waals surface area contributed by atoms with Gasteiger partial charge in [-0.3, -0.25) is 9.59 Å². The molecule has 0 saturated carbocycles. The first-order valence-electron chi connectivity index (χ1n) is 7.66. The Hall–Kier alpha value is -2.39. The molecule has 1 heterocycles. The first kappa shape index (κ1) is 18.9. The molecule has 1 fully saturated rings. The van der Waals surface area contributed by atoms with Crippen LogP contribution in [0, 0.1) is 0 Å². The zero-order valence-electron chi connectivity index (χ0n) is 14.1. The van der Waals surface area contributed by atoms with Gasteiger partial charge in [0.05, 0.1) is 11.9 Å². The standard InChI is InChI=1S/C16H21N3O5S/c1-4-15(21)17-13-9-12(5-6-14(13)20)16(22)18-7-8-19(11(2)10-18)25(3,23)24/h4-6,9,11,20H,1,7-8,10H2,2-3H3,(H,17,21)/t11-/m1/s1. The zero-order valence-corrected chi connectivity index (χ0v) is 14.9. The predicted octanol–water partition coefficient (Wildman–Crippen LogP) is 0.623. The lowest BCUT2D eigenvalue weighted by Crippen LogP contribution is -2.55. The SMILES string of the molecule is C=CC(=O)Nc1cc(C(=O)N2CCN(S(C)(=O)=O)[C@H](C)C2)ccc1O. The Morgan fingerprint density at radius 1 is 1.36 bits per heavy atom. The van der Waals surface area contributed by atoms with Crippen LogP contribution in [-0.4, -0.2) is 66.5 Å². The third kappa shape index (κ3) is 4.37. The van der Waals surface area contributed by atoms with E-state index in [0.29, 0.717) is 0 Å². The molecule has 1 saturated heterocycles. The fourth-order valence-corrected chi connectivity index (χ4v) is 3.89. The summed E-state index contributed by atoms with van der Waals surface area (Å²) in [4.78, 5) is 25.6. The number of rotatable bonds is 4. The molecule has 0 aromatic heterocycles. The van der Waals surface area contributed by atoms with E-state index in [1.54, 1.807) is 11.8 Å². The molecule has 2 N–H and O–H groups in total. The second-order valence-electron chi connectivity index (χ2n) is 5.90. The van der Waals surface area contributed by atoms with Gasteiger partial charge in [-0.25, -0.2) is 8.42 Å². The molecule has 1 aliphatic heterocycles. The largest absolute Gasteiger partial charge is 0.506 e. The van der Waals surface area contributed by atoms with Crippen LogP contribution in [0.2, 0.25) is 0 Å². The molecule has 9 heteroatoms. The van der Waals surface area contributed by atoms with Gasteiger partial charge in [0, 0.05) is 31.2 Å². The third-order valence-corrected chi connectivity index (χ3v) is 5.36. The van der Waals surface area contributed by atoms with E-state index in [9.17, 15) is 23.1 Å². The molecule has 2 amide bonds. The topological polar surface area (TPSA) is 107 Å². The highest BCUT2D eigenvalue weighted by Crippen LogP contribution is 2.25. The number of aromatic hydroxyl groups is 1. The van der Waals surface area contributed by atoms with Gasteiger partial charge in [0.2, 0.25) is 15.9 Å². The number of nitrogens with zero attached hydrogens (tertiary/aromatic N) is 2. The Kier molecular flexibility index (Phi) is 5.48. The Bertz CT molecular complexity index is 806. The maximum absolute atomic E-state index is 12.7. The molecule has 136 valence electrons. The number of nitrogens with one attached hydrogen (secondary N) is 1. The highest BCUT2D eigenvalue weighted by molar-refractivity contribution is 7.88. The molecule has 0 bridgehead atoms. The molecule has 0 spiro atoms. The summed E-state index contributed by atoms with van der Waals surface area (Å²) in [5.41, 5.74) is 0.399. The number of benzene rings is 1. The van der Waals surface area contributed by atoms with E-state index in [1.807, 2.05) is 0 Å². The molecule has 1 atom stereocenters. The number of sulfonamides is 1. The van der Waals surface area contributed by atoms with Gasteiger partial charge in [-0.2, -0.15) is 4.31 Å². The summed E-state index contributed by atoms with van der Waals surface area (Å²) in [7, 11) is -3.31. The van der Waals surface area contributed by atoms with Crippen molar-refractivity contribution in [3.63, 3.8) is 0 Å². The number of piperazine rings is 1. The molecule has 1 aromatic rings. The molecule has 8 nitrogen and oxygen atoms in total. The Balaban J connectivity index is 2.17. The van der Waals surface area contributed by atoms with Gasteiger partial charge < -0.3 is 15.3 Å². The highest BCUT2D eigenvalue weighted by Gasteiger charge is 2.32. The third-order valence-electron chi connectivity index (χ3n) is 3.97. The van der Waals surface area contributed by atoms with Gasteiger partial charge in [-0.05, 0) is 31.2 Å². The normalized spacial score (nSPS) is 18.6. The van der Waals surface area contributed by atoms with Gasteiger partial charge in [0.1, 0.15) is 5.75 Å². The summed E-state index contributed by atoms with van der Waals surface area (Å²) in [6.07, 6.45) is 2.20. The summed E-state index contributed by atoms with van der Waals surface area (Å²) in [5.74, 6) is -0.966. The minimum absolute atomic E-state index is 0.110. The van der Waals surface area contributed by atoms with Crippen molar-refractivity contribution in [1.29, 1.82) is 0 Å². The molecule has 0 unspecified atom stereocenters. The van der Waals surface area contributed by atoms with Crippen LogP contribution in [0.15, 0.2) is 30.9 Å². The number of amides is 2. The Labute approximate surface area is 146 Å². The molecule has 1 aromatic carbocycles. The van der Waals surface area contributed by atoms with E-state index in [0.717, 1.165) is 12.3 Å². The van der Waals surface area contributed by atoms with Crippen molar-refractivity contribution < 1.29 is 23.1 Å².